The zero-order valence-electron chi connectivity index (χ0n) is 20.5. The minimum Gasteiger partial charge on any atom is -0.459 e. The number of hydrogen-bond donors (Lipinski definition) is 1. The molecule has 1 atom stereocenters. The largest absolute Gasteiger partial charge is 0.459 e. The molecular formula is C29H30N2O5. The number of esters is 1. The number of para-hydroxylation sites is 2. The molecule has 7 nitrogen and oxygen atoms in total. The van der Waals surface area contributed by atoms with Crippen molar-refractivity contribution in [2.24, 2.45) is 5.41 Å². The van der Waals surface area contributed by atoms with Gasteiger partial charge in [0.15, 0.2) is 0 Å². The smallest absolute Gasteiger partial charge is 0.329 e. The van der Waals surface area contributed by atoms with Crippen molar-refractivity contribution >= 4 is 17.8 Å². The summed E-state index contributed by atoms with van der Waals surface area (Å²) in [7, 11) is 0. The van der Waals surface area contributed by atoms with E-state index in [-0.39, 0.29) is 24.5 Å². The molecule has 1 N–H and O–H groups in total. The van der Waals surface area contributed by atoms with Crippen molar-refractivity contribution in [3.05, 3.63) is 96.1 Å². The third-order valence-electron chi connectivity index (χ3n) is 6.04. The van der Waals surface area contributed by atoms with Gasteiger partial charge in [0.05, 0.1) is 12.1 Å². The Morgan fingerprint density at radius 1 is 0.917 bits per heavy atom. The molecule has 1 aliphatic heterocycles. The highest BCUT2D eigenvalue weighted by Gasteiger charge is 2.44. The summed E-state index contributed by atoms with van der Waals surface area (Å²) in [5.41, 5.74) is 0.950. The van der Waals surface area contributed by atoms with E-state index in [1.165, 1.54) is 4.90 Å². The Kier molecular flexibility index (Phi) is 7.68. The van der Waals surface area contributed by atoms with Gasteiger partial charge in [0, 0.05) is 6.54 Å². The summed E-state index contributed by atoms with van der Waals surface area (Å²) in [5.74, 6) is -0.220. The lowest BCUT2D eigenvalue weighted by atomic mass is 9.91. The van der Waals surface area contributed by atoms with Crippen molar-refractivity contribution in [1.29, 1.82) is 0 Å². The number of carbonyl (C=O) groups excluding carboxylic acids is 3. The minimum atomic E-state index is -0.693. The Bertz CT molecular complexity index is 1210. The average Bonchev–Trinajstić information content (AvgIpc) is 3.23. The number of hydrogen-bond acceptors (Lipinski definition) is 5. The van der Waals surface area contributed by atoms with E-state index in [9.17, 15) is 14.4 Å². The second kappa shape index (κ2) is 11.1. The Hall–Kier alpha value is -4.13. The number of benzene rings is 3. The van der Waals surface area contributed by atoms with Crippen LogP contribution in [0.2, 0.25) is 0 Å². The summed E-state index contributed by atoms with van der Waals surface area (Å²) < 4.78 is 11.4. The van der Waals surface area contributed by atoms with Gasteiger partial charge in [-0.2, -0.15) is 0 Å². The molecule has 36 heavy (non-hydrogen) atoms. The van der Waals surface area contributed by atoms with Gasteiger partial charge in [-0.3, -0.25) is 9.59 Å². The van der Waals surface area contributed by atoms with E-state index in [1.54, 1.807) is 36.4 Å². The molecule has 7 heteroatoms. The summed E-state index contributed by atoms with van der Waals surface area (Å²) in [6.07, 6.45) is 0.494. The SMILES string of the molecule is CC1(C)C[C@@H](C(=O)OCc2ccccc2)N(C(=O)CNC(=O)c2ccccc2Oc2ccccc2)C1. The average molecular weight is 487 g/mol. The first kappa shape index (κ1) is 25.0. The van der Waals surface area contributed by atoms with Crippen LogP contribution in [0.25, 0.3) is 0 Å². The van der Waals surface area contributed by atoms with Crippen LogP contribution in [0.3, 0.4) is 0 Å². The fraction of sp³-hybridized carbons (Fsp3) is 0.276. The number of ether oxygens (including phenoxy) is 2. The van der Waals surface area contributed by atoms with Gasteiger partial charge in [-0.25, -0.2) is 4.79 Å². The Balaban J connectivity index is 1.38. The molecule has 1 heterocycles. The van der Waals surface area contributed by atoms with Crippen LogP contribution in [-0.2, 0) is 20.9 Å². The molecule has 0 aromatic heterocycles. The zero-order valence-corrected chi connectivity index (χ0v) is 20.5. The van der Waals surface area contributed by atoms with Gasteiger partial charge in [0.25, 0.3) is 5.91 Å². The lowest BCUT2D eigenvalue weighted by Crippen LogP contribution is -2.46. The molecule has 1 fully saturated rings. The molecule has 0 spiro atoms. The van der Waals surface area contributed by atoms with Crippen LogP contribution in [-0.4, -0.2) is 41.8 Å². The first-order chi connectivity index (χ1) is 17.3. The highest BCUT2D eigenvalue weighted by Crippen LogP contribution is 2.34. The molecular weight excluding hydrogens is 456 g/mol. The lowest BCUT2D eigenvalue weighted by molar-refractivity contribution is -0.154. The summed E-state index contributed by atoms with van der Waals surface area (Å²) in [4.78, 5) is 40.4. The predicted molar refractivity (Wildman–Crippen MR) is 135 cm³/mol. The van der Waals surface area contributed by atoms with Crippen LogP contribution in [0.1, 0.15) is 36.2 Å². The molecule has 2 amide bonds. The molecule has 0 unspecified atom stereocenters. The first-order valence-electron chi connectivity index (χ1n) is 11.9. The quantitative estimate of drug-likeness (QED) is 0.471. The molecule has 3 aromatic carbocycles. The van der Waals surface area contributed by atoms with Crippen LogP contribution in [0.15, 0.2) is 84.9 Å². The molecule has 1 aliphatic rings. The van der Waals surface area contributed by atoms with Crippen LogP contribution >= 0.6 is 0 Å². The summed E-state index contributed by atoms with van der Waals surface area (Å²) in [6, 6.07) is 24.7. The monoisotopic (exact) mass is 486 g/mol. The maximum Gasteiger partial charge on any atom is 0.329 e. The standard InChI is InChI=1S/C29H30N2O5/c1-29(2)17-24(28(34)35-19-21-11-5-3-6-12-21)31(20-29)26(32)18-30-27(33)23-15-9-10-16-25(23)36-22-13-7-4-8-14-22/h3-16,24H,17-20H2,1-2H3,(H,30,33)/t24-/m0/s1. The zero-order chi connectivity index (χ0) is 25.5. The van der Waals surface area contributed by atoms with Crippen LogP contribution in [0, 0.1) is 5.41 Å². The third-order valence-corrected chi connectivity index (χ3v) is 6.04. The van der Waals surface area contributed by atoms with E-state index in [4.69, 9.17) is 9.47 Å². The highest BCUT2D eigenvalue weighted by molar-refractivity contribution is 5.99. The van der Waals surface area contributed by atoms with Crippen molar-refractivity contribution < 1.29 is 23.9 Å². The van der Waals surface area contributed by atoms with Gasteiger partial charge >= 0.3 is 5.97 Å². The third kappa shape index (κ3) is 6.30. The van der Waals surface area contributed by atoms with Gasteiger partial charge in [-0.15, -0.1) is 0 Å². The Labute approximate surface area is 211 Å². The van der Waals surface area contributed by atoms with Gasteiger partial charge in [0.1, 0.15) is 24.1 Å². The van der Waals surface area contributed by atoms with Crippen molar-refractivity contribution in [2.45, 2.75) is 32.9 Å². The maximum atomic E-state index is 13.1. The maximum absolute atomic E-state index is 13.1. The normalized spacial score (nSPS) is 16.3. The van der Waals surface area contributed by atoms with Crippen molar-refractivity contribution in [3.8, 4) is 11.5 Å². The first-order valence-corrected chi connectivity index (χ1v) is 11.9. The van der Waals surface area contributed by atoms with E-state index in [2.05, 4.69) is 5.32 Å². The van der Waals surface area contributed by atoms with Crippen LogP contribution < -0.4 is 10.1 Å². The number of nitrogens with one attached hydrogen (secondary N) is 1. The summed E-state index contributed by atoms with van der Waals surface area (Å²) >= 11 is 0. The molecule has 1 saturated heterocycles. The molecule has 0 saturated carbocycles. The summed E-state index contributed by atoms with van der Waals surface area (Å²) in [5, 5.41) is 2.68. The number of carbonyl (C=O) groups is 3. The lowest BCUT2D eigenvalue weighted by Gasteiger charge is -2.24. The predicted octanol–water partition coefficient (Wildman–Crippen LogP) is 4.58. The Morgan fingerprint density at radius 2 is 1.56 bits per heavy atom. The molecule has 4 rings (SSSR count). The minimum absolute atomic E-state index is 0.146. The molecule has 3 aromatic rings. The van der Waals surface area contributed by atoms with E-state index >= 15 is 0 Å². The fourth-order valence-electron chi connectivity index (χ4n) is 4.28. The van der Waals surface area contributed by atoms with Gasteiger partial charge in [0.2, 0.25) is 5.91 Å². The van der Waals surface area contributed by atoms with Gasteiger partial charge in [-0.1, -0.05) is 74.5 Å². The number of rotatable bonds is 8. The van der Waals surface area contributed by atoms with Crippen molar-refractivity contribution in [3.63, 3.8) is 0 Å². The molecule has 0 radical (unpaired) electrons. The molecule has 186 valence electrons. The van der Waals surface area contributed by atoms with Crippen LogP contribution in [0.5, 0.6) is 11.5 Å². The molecule has 0 aliphatic carbocycles. The number of amides is 2. The topological polar surface area (TPSA) is 84.9 Å². The second-order valence-corrected chi connectivity index (χ2v) is 9.59. The summed E-state index contributed by atoms with van der Waals surface area (Å²) in [6.45, 7) is 4.33. The molecule has 0 bridgehead atoms. The Morgan fingerprint density at radius 3 is 2.28 bits per heavy atom. The van der Waals surface area contributed by atoms with E-state index < -0.39 is 17.9 Å². The van der Waals surface area contributed by atoms with Gasteiger partial charge in [-0.05, 0) is 41.7 Å². The van der Waals surface area contributed by atoms with Crippen molar-refractivity contribution in [1.82, 2.24) is 10.2 Å². The van der Waals surface area contributed by atoms with E-state index in [0.29, 0.717) is 30.0 Å². The number of nitrogens with zero attached hydrogens (tertiary/aromatic N) is 1. The van der Waals surface area contributed by atoms with Crippen molar-refractivity contribution in [2.75, 3.05) is 13.1 Å². The highest BCUT2D eigenvalue weighted by atomic mass is 16.5. The van der Waals surface area contributed by atoms with E-state index in [1.807, 2.05) is 62.4 Å². The van der Waals surface area contributed by atoms with E-state index in [0.717, 1.165) is 5.56 Å². The second-order valence-electron chi connectivity index (χ2n) is 9.59. The number of likely N-dealkylation sites (tertiary alicyclic amines) is 1. The fourth-order valence-corrected chi connectivity index (χ4v) is 4.28. The van der Waals surface area contributed by atoms with Crippen LogP contribution in [0.4, 0.5) is 0 Å². The van der Waals surface area contributed by atoms with Gasteiger partial charge < -0.3 is 19.7 Å².